The SMILES string of the molecule is CC.CC1(C)CCCC2(C)C1CC[C@@](C)(O)C2CCOC(=O)CCC(=O)NCCCn1ccnc1. The molecule has 0 aliphatic heterocycles. The molecule has 2 saturated carbocycles. The van der Waals surface area contributed by atoms with Crippen molar-refractivity contribution in [1.29, 1.82) is 0 Å². The lowest BCUT2D eigenvalue weighted by atomic mass is 9.45. The molecule has 35 heavy (non-hydrogen) atoms. The molecule has 0 spiro atoms. The van der Waals surface area contributed by atoms with E-state index in [9.17, 15) is 14.7 Å². The summed E-state index contributed by atoms with van der Waals surface area (Å²) in [5, 5.41) is 14.1. The first-order valence-electron chi connectivity index (χ1n) is 13.6. The van der Waals surface area contributed by atoms with E-state index in [1.165, 1.54) is 12.8 Å². The van der Waals surface area contributed by atoms with Crippen LogP contribution in [0.3, 0.4) is 0 Å². The van der Waals surface area contributed by atoms with Gasteiger partial charge in [0.05, 0.1) is 25.0 Å². The molecule has 1 aromatic heterocycles. The Labute approximate surface area is 212 Å². The van der Waals surface area contributed by atoms with Gasteiger partial charge in [-0.15, -0.1) is 0 Å². The molecule has 1 heterocycles. The fourth-order valence-electron chi connectivity index (χ4n) is 6.84. The van der Waals surface area contributed by atoms with Crippen molar-refractivity contribution in [2.24, 2.45) is 22.7 Å². The van der Waals surface area contributed by atoms with Crippen molar-refractivity contribution in [2.45, 2.75) is 111 Å². The molecule has 0 bridgehead atoms. The van der Waals surface area contributed by atoms with Crippen molar-refractivity contribution >= 4 is 11.9 Å². The highest BCUT2D eigenvalue weighted by molar-refractivity contribution is 5.81. The number of fused-ring (bicyclic) bond motifs is 1. The molecular formula is C28H49N3O4. The molecule has 2 fully saturated rings. The van der Waals surface area contributed by atoms with E-state index in [1.807, 2.05) is 31.5 Å². The van der Waals surface area contributed by atoms with Crippen molar-refractivity contribution in [1.82, 2.24) is 14.9 Å². The lowest BCUT2D eigenvalue weighted by Crippen LogP contribution is -2.57. The Hall–Kier alpha value is -1.89. The van der Waals surface area contributed by atoms with Crippen LogP contribution in [0.4, 0.5) is 0 Å². The molecular weight excluding hydrogens is 442 g/mol. The van der Waals surface area contributed by atoms with Gasteiger partial charge in [-0.05, 0) is 68.1 Å². The summed E-state index contributed by atoms with van der Waals surface area (Å²) >= 11 is 0. The van der Waals surface area contributed by atoms with Crippen molar-refractivity contribution in [2.75, 3.05) is 13.2 Å². The maximum Gasteiger partial charge on any atom is 0.306 e. The van der Waals surface area contributed by atoms with Crippen molar-refractivity contribution < 1.29 is 19.4 Å². The Morgan fingerprint density at radius 3 is 2.57 bits per heavy atom. The molecule has 200 valence electrons. The van der Waals surface area contributed by atoms with E-state index in [0.717, 1.165) is 32.2 Å². The van der Waals surface area contributed by atoms with Crippen LogP contribution in [0.5, 0.6) is 0 Å². The Morgan fingerprint density at radius 2 is 1.89 bits per heavy atom. The number of rotatable bonds is 10. The van der Waals surface area contributed by atoms with Crippen LogP contribution in [0, 0.1) is 22.7 Å². The van der Waals surface area contributed by atoms with Gasteiger partial charge in [-0.3, -0.25) is 9.59 Å². The number of hydrogen-bond acceptors (Lipinski definition) is 5. The summed E-state index contributed by atoms with van der Waals surface area (Å²) in [4.78, 5) is 28.2. The zero-order valence-electron chi connectivity index (χ0n) is 22.9. The zero-order chi connectivity index (χ0) is 26.1. The van der Waals surface area contributed by atoms with Gasteiger partial charge in [0.2, 0.25) is 5.91 Å². The van der Waals surface area contributed by atoms with Crippen LogP contribution in [0.15, 0.2) is 18.7 Å². The maximum atomic E-state index is 12.2. The number of aromatic nitrogens is 2. The third kappa shape index (κ3) is 7.80. The van der Waals surface area contributed by atoms with Gasteiger partial charge in [-0.2, -0.15) is 0 Å². The number of nitrogens with zero attached hydrogens (tertiary/aromatic N) is 2. The fourth-order valence-corrected chi connectivity index (χ4v) is 6.84. The van der Waals surface area contributed by atoms with Crippen LogP contribution < -0.4 is 5.32 Å². The first-order chi connectivity index (χ1) is 16.5. The Kier molecular flexibility index (Phi) is 10.8. The molecule has 0 radical (unpaired) electrons. The Bertz CT molecular complexity index is 790. The van der Waals surface area contributed by atoms with Crippen LogP contribution in [-0.2, 0) is 20.9 Å². The van der Waals surface area contributed by atoms with Crippen molar-refractivity contribution in [3.05, 3.63) is 18.7 Å². The van der Waals surface area contributed by atoms with Gasteiger partial charge >= 0.3 is 5.97 Å². The fraction of sp³-hybridized carbons (Fsp3) is 0.821. The van der Waals surface area contributed by atoms with Crippen LogP contribution in [0.1, 0.15) is 99.3 Å². The minimum absolute atomic E-state index is 0.0620. The van der Waals surface area contributed by atoms with E-state index < -0.39 is 5.60 Å². The molecule has 2 N–H and O–H groups in total. The van der Waals surface area contributed by atoms with Gasteiger partial charge in [-0.25, -0.2) is 4.98 Å². The number of amides is 1. The molecule has 0 aromatic carbocycles. The lowest BCUT2D eigenvalue weighted by molar-refractivity contribution is -0.175. The summed E-state index contributed by atoms with van der Waals surface area (Å²) in [6.45, 7) is 14.7. The number of aryl methyl sites for hydroxylation is 1. The number of nitrogens with one attached hydrogen (secondary N) is 1. The number of imidazole rings is 1. The molecule has 4 atom stereocenters. The van der Waals surface area contributed by atoms with E-state index in [1.54, 1.807) is 12.5 Å². The second-order valence-electron chi connectivity index (χ2n) is 11.4. The number of aliphatic hydroxyl groups is 1. The summed E-state index contributed by atoms with van der Waals surface area (Å²) in [5.74, 6) is 0.212. The topological polar surface area (TPSA) is 93.5 Å². The standard InChI is InChI=1S/C26H43N3O4.C2H6/c1-24(2)11-5-12-25(3)20(24)9-13-26(4,32)21(25)10-18-33-23(31)8-7-22(30)28-14-6-16-29-17-15-27-19-29;1-2/h15,17,19-21,32H,5-14,16,18H2,1-4H3,(H,28,30);1-2H3/t20?,21?,25?,26-;/m1./s1. The van der Waals surface area contributed by atoms with Gasteiger partial charge in [-0.1, -0.05) is 41.0 Å². The third-order valence-electron chi connectivity index (χ3n) is 8.46. The molecule has 2 aliphatic rings. The summed E-state index contributed by atoms with van der Waals surface area (Å²) < 4.78 is 7.46. The second-order valence-corrected chi connectivity index (χ2v) is 11.4. The Morgan fingerprint density at radius 1 is 1.14 bits per heavy atom. The molecule has 1 aromatic rings. The minimum Gasteiger partial charge on any atom is -0.466 e. The average Bonchev–Trinajstić information content (AvgIpc) is 3.31. The summed E-state index contributed by atoms with van der Waals surface area (Å²) in [5.41, 5.74) is -0.390. The van der Waals surface area contributed by atoms with Crippen LogP contribution in [0.2, 0.25) is 0 Å². The molecule has 3 unspecified atom stereocenters. The number of esters is 1. The van der Waals surface area contributed by atoms with Gasteiger partial charge in [0.15, 0.2) is 0 Å². The number of carbonyl (C=O) groups excluding carboxylic acids is 2. The van der Waals surface area contributed by atoms with Crippen LogP contribution >= 0.6 is 0 Å². The van der Waals surface area contributed by atoms with E-state index in [-0.39, 0.29) is 41.5 Å². The summed E-state index contributed by atoms with van der Waals surface area (Å²) in [6.07, 6.45) is 12.5. The number of carbonyl (C=O) groups is 2. The normalized spacial score (nSPS) is 29.3. The number of hydrogen-bond donors (Lipinski definition) is 2. The largest absolute Gasteiger partial charge is 0.466 e. The van der Waals surface area contributed by atoms with E-state index >= 15 is 0 Å². The number of ether oxygens (including phenoxy) is 1. The summed E-state index contributed by atoms with van der Waals surface area (Å²) in [7, 11) is 0. The summed E-state index contributed by atoms with van der Waals surface area (Å²) in [6, 6.07) is 0. The Balaban J connectivity index is 0.00000210. The average molecular weight is 492 g/mol. The minimum atomic E-state index is -0.734. The highest BCUT2D eigenvalue weighted by Gasteiger charge is 2.57. The van der Waals surface area contributed by atoms with E-state index in [4.69, 9.17) is 4.74 Å². The monoisotopic (exact) mass is 491 g/mol. The van der Waals surface area contributed by atoms with Gasteiger partial charge in [0, 0.05) is 31.9 Å². The highest BCUT2D eigenvalue weighted by Crippen LogP contribution is 2.62. The molecule has 1 amide bonds. The predicted molar refractivity (Wildman–Crippen MR) is 139 cm³/mol. The van der Waals surface area contributed by atoms with Crippen molar-refractivity contribution in [3.63, 3.8) is 0 Å². The van der Waals surface area contributed by atoms with Crippen LogP contribution in [0.25, 0.3) is 0 Å². The maximum absolute atomic E-state index is 12.2. The molecule has 3 rings (SSSR count). The van der Waals surface area contributed by atoms with E-state index in [2.05, 4.69) is 31.1 Å². The van der Waals surface area contributed by atoms with Crippen molar-refractivity contribution in [3.8, 4) is 0 Å². The molecule has 7 heteroatoms. The molecule has 0 saturated heterocycles. The first-order valence-corrected chi connectivity index (χ1v) is 13.6. The third-order valence-corrected chi connectivity index (χ3v) is 8.46. The quantitative estimate of drug-likeness (QED) is 0.350. The first kappa shape index (κ1) is 29.3. The smallest absolute Gasteiger partial charge is 0.306 e. The van der Waals surface area contributed by atoms with Crippen LogP contribution in [-0.4, -0.2) is 45.3 Å². The molecule has 2 aliphatic carbocycles. The van der Waals surface area contributed by atoms with Gasteiger partial charge in [0.25, 0.3) is 0 Å². The second kappa shape index (κ2) is 12.9. The van der Waals surface area contributed by atoms with Gasteiger partial charge < -0.3 is 19.7 Å². The molecule has 7 nitrogen and oxygen atoms in total. The predicted octanol–water partition coefficient (Wildman–Crippen LogP) is 5.12. The lowest BCUT2D eigenvalue weighted by Gasteiger charge is -2.61. The highest BCUT2D eigenvalue weighted by atomic mass is 16.5. The van der Waals surface area contributed by atoms with E-state index in [0.29, 0.717) is 25.5 Å². The zero-order valence-corrected chi connectivity index (χ0v) is 22.9. The van der Waals surface area contributed by atoms with Gasteiger partial charge in [0.1, 0.15) is 0 Å².